The largest absolute Gasteiger partial charge is 0.269 e. The van der Waals surface area contributed by atoms with Gasteiger partial charge in [0.15, 0.2) is 5.82 Å². The lowest BCUT2D eigenvalue weighted by Gasteiger charge is -2.07. The third kappa shape index (κ3) is 0.680. The fraction of sp³-hybridized carbons (Fsp3) is 0. The lowest BCUT2D eigenvalue weighted by atomic mass is 10.3. The maximum absolute atomic E-state index is 4.53. The van der Waals surface area contributed by atoms with E-state index < -0.39 is 0 Å². The van der Waals surface area contributed by atoms with Gasteiger partial charge in [0.1, 0.15) is 6.33 Å². The highest BCUT2D eigenvalue weighted by atomic mass is 16.8. The van der Waals surface area contributed by atoms with Crippen molar-refractivity contribution in [2.45, 2.75) is 0 Å². The summed E-state index contributed by atoms with van der Waals surface area (Å²) in [6.07, 6.45) is 4.64. The van der Waals surface area contributed by atoms with E-state index in [9.17, 15) is 0 Å². The highest BCUT2D eigenvalue weighted by molar-refractivity contribution is 5.85. The van der Waals surface area contributed by atoms with Crippen molar-refractivity contribution in [3.8, 4) is 0 Å². The standard InChI is InChI=1S/C5H4N4O/c1-4-2-8-10-9-5(4)7-3-6-1/h1-3H,(H,6,7,9). The summed E-state index contributed by atoms with van der Waals surface area (Å²) in [7, 11) is 0. The Balaban J connectivity index is 2.54. The topological polar surface area (TPSA) is 59.4 Å². The van der Waals surface area contributed by atoms with Gasteiger partial charge in [-0.25, -0.2) is 9.97 Å². The summed E-state index contributed by atoms with van der Waals surface area (Å²) >= 11 is 0. The quantitative estimate of drug-likeness (QED) is 0.552. The van der Waals surface area contributed by atoms with Crippen LogP contribution in [0.1, 0.15) is 5.56 Å². The normalized spacial score (nSPS) is 13.2. The van der Waals surface area contributed by atoms with Crippen molar-refractivity contribution in [1.82, 2.24) is 9.97 Å². The highest BCUT2D eigenvalue weighted by Crippen LogP contribution is 2.09. The Morgan fingerprint density at radius 3 is 3.40 bits per heavy atom. The predicted molar refractivity (Wildman–Crippen MR) is 34.3 cm³/mol. The van der Waals surface area contributed by atoms with Crippen molar-refractivity contribution in [2.75, 3.05) is 5.48 Å². The molecule has 0 bridgehead atoms. The third-order valence-corrected chi connectivity index (χ3v) is 1.13. The van der Waals surface area contributed by atoms with Crippen LogP contribution in [0.4, 0.5) is 5.82 Å². The first-order valence-electron chi connectivity index (χ1n) is 2.72. The second kappa shape index (κ2) is 1.94. The van der Waals surface area contributed by atoms with E-state index in [1.54, 1.807) is 12.4 Å². The van der Waals surface area contributed by atoms with Crippen molar-refractivity contribution in [2.24, 2.45) is 5.16 Å². The molecule has 0 atom stereocenters. The number of nitrogens with one attached hydrogen (secondary N) is 1. The average molecular weight is 136 g/mol. The van der Waals surface area contributed by atoms with Gasteiger partial charge >= 0.3 is 0 Å². The number of aromatic nitrogens is 2. The van der Waals surface area contributed by atoms with Gasteiger partial charge in [-0.15, -0.1) is 0 Å². The zero-order valence-corrected chi connectivity index (χ0v) is 4.98. The number of hydrogen-bond acceptors (Lipinski definition) is 5. The molecule has 5 heteroatoms. The molecule has 10 heavy (non-hydrogen) atoms. The molecule has 2 heterocycles. The number of hydrogen-bond donors (Lipinski definition) is 1. The fourth-order valence-corrected chi connectivity index (χ4v) is 0.673. The molecule has 0 aliphatic carbocycles. The van der Waals surface area contributed by atoms with E-state index >= 15 is 0 Å². The Bertz CT molecular complexity index is 272. The summed E-state index contributed by atoms with van der Waals surface area (Å²) in [4.78, 5) is 12.2. The van der Waals surface area contributed by atoms with Gasteiger partial charge in [-0.2, -0.15) is 5.48 Å². The minimum Gasteiger partial charge on any atom is -0.269 e. The monoisotopic (exact) mass is 136 g/mol. The summed E-state index contributed by atoms with van der Waals surface area (Å²) in [5, 5.41) is 3.50. The van der Waals surface area contributed by atoms with E-state index in [4.69, 9.17) is 0 Å². The van der Waals surface area contributed by atoms with Crippen LogP contribution < -0.4 is 5.48 Å². The SMILES string of the molecule is C1=NONc2ncncc21. The van der Waals surface area contributed by atoms with E-state index in [0.717, 1.165) is 5.56 Å². The van der Waals surface area contributed by atoms with Crippen molar-refractivity contribution in [3.63, 3.8) is 0 Å². The predicted octanol–water partition coefficient (Wildman–Crippen LogP) is 0.168. The van der Waals surface area contributed by atoms with Crippen LogP contribution in [0.25, 0.3) is 0 Å². The molecule has 1 N–H and O–H groups in total. The van der Waals surface area contributed by atoms with Crippen LogP contribution in [0, 0.1) is 0 Å². The molecule has 0 spiro atoms. The van der Waals surface area contributed by atoms with Crippen molar-refractivity contribution in [1.29, 1.82) is 0 Å². The maximum atomic E-state index is 4.53. The minimum atomic E-state index is 0.644. The van der Waals surface area contributed by atoms with Gasteiger partial charge < -0.3 is 0 Å². The van der Waals surface area contributed by atoms with Crippen LogP contribution in [0.15, 0.2) is 17.7 Å². The molecule has 1 aromatic heterocycles. The van der Waals surface area contributed by atoms with E-state index in [1.807, 2.05) is 0 Å². The van der Waals surface area contributed by atoms with Crippen LogP contribution in [-0.4, -0.2) is 16.2 Å². The molecule has 1 aliphatic rings. The highest BCUT2D eigenvalue weighted by Gasteiger charge is 2.04. The molecule has 0 amide bonds. The summed E-state index contributed by atoms with van der Waals surface area (Å²) in [5.74, 6) is 0.644. The van der Waals surface area contributed by atoms with Gasteiger partial charge in [0.05, 0.1) is 11.8 Å². The number of fused-ring (bicyclic) bond motifs is 1. The first-order chi connectivity index (χ1) is 4.97. The van der Waals surface area contributed by atoms with Crippen LogP contribution in [-0.2, 0) is 4.94 Å². The van der Waals surface area contributed by atoms with Gasteiger partial charge in [-0.05, 0) is 0 Å². The second-order valence-corrected chi connectivity index (χ2v) is 1.75. The number of nitrogens with zero attached hydrogens (tertiary/aromatic N) is 3. The zero-order chi connectivity index (χ0) is 6.81. The van der Waals surface area contributed by atoms with E-state index in [0.29, 0.717) is 5.82 Å². The van der Waals surface area contributed by atoms with E-state index in [1.165, 1.54) is 6.33 Å². The maximum Gasteiger partial charge on any atom is 0.174 e. The zero-order valence-electron chi connectivity index (χ0n) is 4.98. The Morgan fingerprint density at radius 1 is 1.50 bits per heavy atom. The Labute approximate surface area is 56.7 Å². The van der Waals surface area contributed by atoms with Crippen LogP contribution in [0.3, 0.4) is 0 Å². The Kier molecular flexibility index (Phi) is 1.00. The minimum absolute atomic E-state index is 0.644. The first kappa shape index (κ1) is 5.16. The second-order valence-electron chi connectivity index (χ2n) is 1.75. The molecular formula is C5H4N4O. The van der Waals surface area contributed by atoms with Crippen LogP contribution in [0.2, 0.25) is 0 Å². The number of oxime groups is 1. The van der Waals surface area contributed by atoms with Gasteiger partial charge in [-0.3, -0.25) is 4.94 Å². The molecule has 0 aromatic carbocycles. The van der Waals surface area contributed by atoms with E-state index in [-0.39, 0.29) is 0 Å². The molecular weight excluding hydrogens is 132 g/mol. The molecule has 50 valence electrons. The molecule has 0 radical (unpaired) electrons. The molecule has 0 unspecified atom stereocenters. The summed E-state index contributed by atoms with van der Waals surface area (Å²) in [6.45, 7) is 0. The molecule has 2 rings (SSSR count). The lowest BCUT2D eigenvalue weighted by Crippen LogP contribution is -2.07. The van der Waals surface area contributed by atoms with Gasteiger partial charge in [0.2, 0.25) is 0 Å². The summed E-state index contributed by atoms with van der Waals surface area (Å²) in [5.41, 5.74) is 3.34. The van der Waals surface area contributed by atoms with Crippen LogP contribution in [0.5, 0.6) is 0 Å². The van der Waals surface area contributed by atoms with Crippen molar-refractivity contribution >= 4 is 12.0 Å². The van der Waals surface area contributed by atoms with Crippen molar-refractivity contribution < 1.29 is 4.94 Å². The van der Waals surface area contributed by atoms with Gasteiger partial charge in [0, 0.05) is 6.20 Å². The smallest absolute Gasteiger partial charge is 0.174 e. The third-order valence-electron chi connectivity index (χ3n) is 1.13. The molecule has 0 fully saturated rings. The molecule has 1 aromatic rings. The summed E-state index contributed by atoms with van der Waals surface area (Å²) < 4.78 is 0. The number of rotatable bonds is 0. The van der Waals surface area contributed by atoms with E-state index in [2.05, 4.69) is 25.5 Å². The van der Waals surface area contributed by atoms with Crippen LogP contribution >= 0.6 is 0 Å². The van der Waals surface area contributed by atoms with Gasteiger partial charge in [0.25, 0.3) is 0 Å². The van der Waals surface area contributed by atoms with Crippen molar-refractivity contribution in [3.05, 3.63) is 18.1 Å². The Hall–Kier alpha value is -1.65. The molecule has 0 saturated heterocycles. The molecule has 1 aliphatic heterocycles. The first-order valence-corrected chi connectivity index (χ1v) is 2.72. The fourth-order valence-electron chi connectivity index (χ4n) is 0.673. The Morgan fingerprint density at radius 2 is 2.50 bits per heavy atom. The average Bonchev–Trinajstić information content (AvgIpc) is 2.05. The molecule has 5 nitrogen and oxygen atoms in total. The summed E-state index contributed by atoms with van der Waals surface area (Å²) in [6, 6.07) is 0. The number of anilines is 1. The van der Waals surface area contributed by atoms with Gasteiger partial charge in [-0.1, -0.05) is 5.16 Å². The lowest BCUT2D eigenvalue weighted by molar-refractivity contribution is 0.205. The molecule has 0 saturated carbocycles.